The topological polar surface area (TPSA) is 159 Å². The molecule has 10 nitrogen and oxygen atoms in total. The van der Waals surface area contributed by atoms with Crippen molar-refractivity contribution in [1.29, 1.82) is 0 Å². The van der Waals surface area contributed by atoms with Crippen LogP contribution in [0.3, 0.4) is 0 Å². The number of ether oxygens (including phenoxy) is 1. The smallest absolute Gasteiger partial charge is 0.336 e. The zero-order valence-corrected chi connectivity index (χ0v) is 24.9. The summed E-state index contributed by atoms with van der Waals surface area (Å²) in [7, 11) is 0. The second kappa shape index (κ2) is 16.1. The van der Waals surface area contributed by atoms with E-state index < -0.39 is 36.4 Å². The van der Waals surface area contributed by atoms with Crippen LogP contribution >= 0.6 is 35.0 Å². The van der Waals surface area contributed by atoms with Crippen molar-refractivity contribution in [2.75, 3.05) is 0 Å². The number of nitrogens with zero attached hydrogens (tertiary/aromatic N) is 2. The Kier molecular flexibility index (Phi) is 12.6. The van der Waals surface area contributed by atoms with Gasteiger partial charge in [-0.05, 0) is 42.0 Å². The summed E-state index contributed by atoms with van der Waals surface area (Å²) in [6.45, 7) is 1.10. The zero-order valence-electron chi connectivity index (χ0n) is 22.5. The number of aromatic nitrogens is 2. The minimum Gasteiger partial charge on any atom is -0.481 e. The highest BCUT2D eigenvalue weighted by atomic mass is 35.5. The van der Waals surface area contributed by atoms with Gasteiger partial charge in [0.15, 0.2) is 5.60 Å². The van der Waals surface area contributed by atoms with Gasteiger partial charge >= 0.3 is 17.9 Å². The Labute approximate surface area is 261 Å². The quantitative estimate of drug-likeness (QED) is 0.135. The van der Waals surface area contributed by atoms with E-state index in [-0.39, 0.29) is 6.10 Å². The zero-order chi connectivity index (χ0) is 31.4. The lowest BCUT2D eigenvalue weighted by molar-refractivity contribution is -0.170. The van der Waals surface area contributed by atoms with E-state index in [4.69, 9.17) is 48.4 Å². The Morgan fingerprint density at radius 1 is 0.907 bits per heavy atom. The fourth-order valence-electron chi connectivity index (χ4n) is 3.78. The highest BCUT2D eigenvalue weighted by Crippen LogP contribution is 2.31. The van der Waals surface area contributed by atoms with Gasteiger partial charge in [0.05, 0.1) is 32.3 Å². The van der Waals surface area contributed by atoms with Crippen LogP contribution in [0, 0.1) is 0 Å². The van der Waals surface area contributed by atoms with Crippen molar-refractivity contribution in [2.24, 2.45) is 0 Å². The van der Waals surface area contributed by atoms with Crippen LogP contribution in [0.1, 0.15) is 30.1 Å². The summed E-state index contributed by atoms with van der Waals surface area (Å²) in [5.74, 6) is -5.02. The fourth-order valence-corrected chi connectivity index (χ4v) is 5.15. The molecule has 0 saturated carbocycles. The Balaban J connectivity index is 0.000000331. The lowest BCUT2D eigenvalue weighted by Gasteiger charge is -2.20. The number of aliphatic carboxylic acids is 3. The molecule has 0 bridgehead atoms. The molecule has 43 heavy (non-hydrogen) atoms. The van der Waals surface area contributed by atoms with E-state index in [0.29, 0.717) is 23.2 Å². The molecule has 1 unspecified atom stereocenters. The van der Waals surface area contributed by atoms with Crippen LogP contribution in [0.5, 0.6) is 0 Å². The second-order valence-electron chi connectivity index (χ2n) is 9.26. The summed E-state index contributed by atoms with van der Waals surface area (Å²) >= 11 is 14.3. The first-order valence-electron chi connectivity index (χ1n) is 12.7. The van der Waals surface area contributed by atoms with Crippen molar-refractivity contribution in [3.8, 4) is 0 Å². The van der Waals surface area contributed by atoms with Crippen molar-refractivity contribution in [3.63, 3.8) is 0 Å². The van der Waals surface area contributed by atoms with Gasteiger partial charge in [0.1, 0.15) is 6.10 Å². The summed E-state index contributed by atoms with van der Waals surface area (Å²) < 4.78 is 8.26. The predicted octanol–water partition coefficient (Wildman–Crippen LogP) is 6.05. The highest BCUT2D eigenvalue weighted by Gasteiger charge is 2.40. The molecular weight excluding hydrogens is 619 g/mol. The third-order valence-electron chi connectivity index (χ3n) is 5.88. The third-order valence-corrected chi connectivity index (χ3v) is 7.46. The Hall–Kier alpha value is -3.87. The van der Waals surface area contributed by atoms with Gasteiger partial charge in [-0.1, -0.05) is 71.4 Å². The molecule has 0 radical (unpaired) electrons. The number of halogens is 2. The van der Waals surface area contributed by atoms with Crippen molar-refractivity contribution in [2.45, 2.75) is 47.5 Å². The standard InChI is InChI=1S/C24H20Cl2N2OS.C6H8O7/c25-19-8-11-22(23(26)14-19)24(15-28-13-12-27-17-28)29-16-18-6-9-21(10-7-18)30-20-4-2-1-3-5-20;7-3(8)1-6(13,5(11)12)2-4(9)10/h1-14,17,24H,15-16H2;13H,1-2H2,(H,7,8)(H,9,10)(H,11,12). The number of benzene rings is 3. The molecule has 0 fully saturated rings. The second-order valence-corrected chi connectivity index (χ2v) is 11.3. The monoisotopic (exact) mass is 646 g/mol. The van der Waals surface area contributed by atoms with Crippen LogP contribution in [0.4, 0.5) is 0 Å². The SMILES string of the molecule is Clc1ccc(C(Cn2ccnc2)OCc2ccc(Sc3ccccc3)cc2)c(Cl)c1.O=C(O)CC(O)(CC(=O)O)C(=O)O. The van der Waals surface area contributed by atoms with E-state index in [0.717, 1.165) is 11.1 Å². The van der Waals surface area contributed by atoms with Gasteiger partial charge in [0.25, 0.3) is 0 Å². The molecule has 226 valence electrons. The molecule has 3 aromatic carbocycles. The molecular formula is C30H28Cl2N2O8S. The first-order chi connectivity index (χ1) is 20.4. The molecule has 13 heteroatoms. The molecule has 0 aliphatic heterocycles. The normalized spacial score (nSPS) is 11.7. The maximum atomic E-state index is 10.3. The van der Waals surface area contributed by atoms with Gasteiger partial charge in [-0.25, -0.2) is 9.78 Å². The largest absolute Gasteiger partial charge is 0.481 e. The molecule has 1 atom stereocenters. The van der Waals surface area contributed by atoms with Crippen LogP contribution in [-0.2, 0) is 32.3 Å². The van der Waals surface area contributed by atoms with E-state index in [9.17, 15) is 14.4 Å². The molecule has 4 aromatic rings. The van der Waals surface area contributed by atoms with E-state index >= 15 is 0 Å². The minimum atomic E-state index is -2.74. The van der Waals surface area contributed by atoms with Crippen LogP contribution in [0.2, 0.25) is 10.0 Å². The van der Waals surface area contributed by atoms with E-state index in [1.54, 1.807) is 30.4 Å². The maximum absolute atomic E-state index is 10.3. The average molecular weight is 648 g/mol. The van der Waals surface area contributed by atoms with Crippen molar-refractivity contribution in [3.05, 3.63) is 113 Å². The van der Waals surface area contributed by atoms with Crippen LogP contribution < -0.4 is 0 Å². The molecule has 0 spiro atoms. The predicted molar refractivity (Wildman–Crippen MR) is 160 cm³/mol. The van der Waals surface area contributed by atoms with E-state index in [1.165, 1.54) is 9.79 Å². The average Bonchev–Trinajstić information content (AvgIpc) is 3.45. The highest BCUT2D eigenvalue weighted by molar-refractivity contribution is 7.99. The summed E-state index contributed by atoms with van der Waals surface area (Å²) in [5, 5.41) is 35.0. The molecule has 0 saturated heterocycles. The Bertz CT molecular complexity index is 1490. The minimum absolute atomic E-state index is 0.220. The first kappa shape index (κ1) is 33.6. The van der Waals surface area contributed by atoms with Crippen molar-refractivity contribution < 1.29 is 39.5 Å². The first-order valence-corrected chi connectivity index (χ1v) is 14.3. The molecule has 1 aromatic heterocycles. The number of hydrogen-bond donors (Lipinski definition) is 4. The van der Waals surface area contributed by atoms with Gasteiger partial charge in [-0.15, -0.1) is 0 Å². The number of carboxylic acids is 3. The molecule has 1 heterocycles. The van der Waals surface area contributed by atoms with Crippen molar-refractivity contribution >= 4 is 52.9 Å². The van der Waals surface area contributed by atoms with Gasteiger partial charge in [0, 0.05) is 37.8 Å². The van der Waals surface area contributed by atoms with Gasteiger partial charge < -0.3 is 29.7 Å². The van der Waals surface area contributed by atoms with Gasteiger partial charge in [-0.3, -0.25) is 9.59 Å². The van der Waals surface area contributed by atoms with Gasteiger partial charge in [0.2, 0.25) is 0 Å². The van der Waals surface area contributed by atoms with Crippen LogP contribution in [0.25, 0.3) is 0 Å². The molecule has 0 aliphatic carbocycles. The molecule has 4 rings (SSSR count). The number of rotatable bonds is 13. The van der Waals surface area contributed by atoms with Crippen LogP contribution in [-0.4, -0.2) is 53.5 Å². The maximum Gasteiger partial charge on any atom is 0.336 e. The number of carbonyl (C=O) groups is 3. The summed E-state index contributed by atoms with van der Waals surface area (Å²) in [4.78, 5) is 37.0. The third kappa shape index (κ3) is 11.0. The lowest BCUT2D eigenvalue weighted by Crippen LogP contribution is -2.42. The van der Waals surface area contributed by atoms with E-state index in [2.05, 4.69) is 41.4 Å². The molecule has 0 aliphatic rings. The Morgan fingerprint density at radius 2 is 1.53 bits per heavy atom. The van der Waals surface area contributed by atoms with E-state index in [1.807, 2.05) is 41.1 Å². The number of carboxylic acid groups (broad SMARTS) is 3. The summed E-state index contributed by atoms with van der Waals surface area (Å²) in [6.07, 6.45) is 2.93. The fraction of sp³-hybridized carbons (Fsp3) is 0.200. The lowest BCUT2D eigenvalue weighted by atomic mass is 9.96. The summed E-state index contributed by atoms with van der Waals surface area (Å²) in [5.41, 5.74) is -0.725. The van der Waals surface area contributed by atoms with Gasteiger partial charge in [-0.2, -0.15) is 0 Å². The number of hydrogen-bond acceptors (Lipinski definition) is 7. The molecule has 0 amide bonds. The number of aliphatic hydroxyl groups is 1. The number of imidazole rings is 1. The van der Waals surface area contributed by atoms with Crippen LogP contribution in [0.15, 0.2) is 101 Å². The summed E-state index contributed by atoms with van der Waals surface area (Å²) in [6, 6.07) is 24.3. The van der Waals surface area contributed by atoms with Crippen molar-refractivity contribution in [1.82, 2.24) is 9.55 Å². The molecule has 4 N–H and O–H groups in total. The Morgan fingerprint density at radius 3 is 2.07 bits per heavy atom.